The van der Waals surface area contributed by atoms with E-state index in [2.05, 4.69) is 5.32 Å². The summed E-state index contributed by atoms with van der Waals surface area (Å²) < 4.78 is 5.29. The molecule has 0 radical (unpaired) electrons. The number of benzene rings is 2. The lowest BCUT2D eigenvalue weighted by molar-refractivity contribution is -0.00485. The van der Waals surface area contributed by atoms with Crippen molar-refractivity contribution in [3.63, 3.8) is 0 Å². The van der Waals surface area contributed by atoms with E-state index < -0.39 is 0 Å². The summed E-state index contributed by atoms with van der Waals surface area (Å²) in [5.74, 6) is -0.0971. The van der Waals surface area contributed by atoms with E-state index in [9.17, 15) is 14.7 Å². The summed E-state index contributed by atoms with van der Waals surface area (Å²) >= 11 is 0. The molecule has 3 rings (SSSR count). The number of hydrogen-bond acceptors (Lipinski definition) is 4. The number of carbonyl (C=O) groups excluding carboxylic acids is 2. The summed E-state index contributed by atoms with van der Waals surface area (Å²) in [6.07, 6.45) is 0. The second-order valence-electron chi connectivity index (χ2n) is 6.50. The Hall–Kier alpha value is -2.90. The first kappa shape index (κ1) is 19.9. The molecule has 1 saturated heterocycles. The van der Waals surface area contributed by atoms with E-state index in [0.717, 1.165) is 5.69 Å². The molecule has 0 spiro atoms. The molecule has 2 aromatic rings. The van der Waals surface area contributed by atoms with E-state index >= 15 is 0 Å². The molecule has 148 valence electrons. The summed E-state index contributed by atoms with van der Waals surface area (Å²) in [6, 6.07) is 15.7. The Morgan fingerprint density at radius 2 is 1.89 bits per heavy atom. The summed E-state index contributed by atoms with van der Waals surface area (Å²) in [7, 11) is 0. The van der Waals surface area contributed by atoms with Gasteiger partial charge in [0.2, 0.25) is 0 Å². The van der Waals surface area contributed by atoms with Crippen LogP contribution in [-0.2, 0) is 4.74 Å². The van der Waals surface area contributed by atoms with Crippen LogP contribution in [0.5, 0.6) is 0 Å². The fraction of sp³-hybridized carbons (Fsp3) is 0.333. The van der Waals surface area contributed by atoms with E-state index in [0.29, 0.717) is 37.6 Å². The Balaban J connectivity index is 1.67. The van der Waals surface area contributed by atoms with Gasteiger partial charge in [-0.3, -0.25) is 4.79 Å². The Kier molecular flexibility index (Phi) is 6.62. The fourth-order valence-corrected chi connectivity index (χ4v) is 3.17. The van der Waals surface area contributed by atoms with Crippen LogP contribution in [0.1, 0.15) is 17.3 Å². The molecule has 0 aromatic heterocycles. The van der Waals surface area contributed by atoms with Gasteiger partial charge in [-0.2, -0.15) is 0 Å². The van der Waals surface area contributed by atoms with Crippen LogP contribution in [0.25, 0.3) is 0 Å². The Morgan fingerprint density at radius 1 is 1.18 bits per heavy atom. The lowest BCUT2D eigenvalue weighted by atomic mass is 10.1. The first-order chi connectivity index (χ1) is 13.6. The molecule has 0 bridgehead atoms. The van der Waals surface area contributed by atoms with Gasteiger partial charge in [-0.15, -0.1) is 0 Å². The van der Waals surface area contributed by atoms with Gasteiger partial charge in [0.05, 0.1) is 25.9 Å². The number of aliphatic hydroxyl groups excluding tert-OH is 1. The van der Waals surface area contributed by atoms with Crippen LogP contribution in [0.3, 0.4) is 0 Å². The highest BCUT2D eigenvalue weighted by molar-refractivity contribution is 6.06. The maximum absolute atomic E-state index is 12.8. The Morgan fingerprint density at radius 3 is 2.54 bits per heavy atom. The van der Waals surface area contributed by atoms with Crippen LogP contribution < -0.4 is 10.2 Å². The maximum atomic E-state index is 12.8. The van der Waals surface area contributed by atoms with Crippen molar-refractivity contribution >= 4 is 23.3 Å². The number of anilines is 2. The van der Waals surface area contributed by atoms with Gasteiger partial charge in [0.1, 0.15) is 0 Å². The second-order valence-corrected chi connectivity index (χ2v) is 6.50. The van der Waals surface area contributed by atoms with Crippen LogP contribution in [0.2, 0.25) is 0 Å². The number of para-hydroxylation sites is 1. The topological polar surface area (TPSA) is 82.1 Å². The first-order valence-electron chi connectivity index (χ1n) is 9.37. The number of nitrogens with one attached hydrogen (secondary N) is 1. The van der Waals surface area contributed by atoms with E-state index in [1.165, 1.54) is 0 Å². The predicted octanol–water partition coefficient (Wildman–Crippen LogP) is 2.58. The van der Waals surface area contributed by atoms with E-state index in [4.69, 9.17) is 4.74 Å². The molecule has 1 aliphatic rings. The van der Waals surface area contributed by atoms with Crippen molar-refractivity contribution in [3.8, 4) is 0 Å². The SMILES string of the molecule is CCN(C(=O)c1ccc(NC(=O)N2CCOC[C@H]2CO)cc1)c1ccccc1. The minimum atomic E-state index is -0.349. The second kappa shape index (κ2) is 9.34. The lowest BCUT2D eigenvalue weighted by Crippen LogP contribution is -2.52. The highest BCUT2D eigenvalue weighted by atomic mass is 16.5. The third kappa shape index (κ3) is 4.49. The van der Waals surface area contributed by atoms with Gasteiger partial charge in [0.25, 0.3) is 5.91 Å². The summed E-state index contributed by atoms with van der Waals surface area (Å²) in [5, 5.41) is 12.2. The van der Waals surface area contributed by atoms with Crippen LogP contribution in [0.15, 0.2) is 54.6 Å². The number of ether oxygens (including phenoxy) is 1. The van der Waals surface area contributed by atoms with Crippen molar-refractivity contribution in [1.29, 1.82) is 0 Å². The van der Waals surface area contributed by atoms with Crippen molar-refractivity contribution in [2.45, 2.75) is 13.0 Å². The number of hydrogen-bond donors (Lipinski definition) is 2. The fourth-order valence-electron chi connectivity index (χ4n) is 3.17. The zero-order valence-electron chi connectivity index (χ0n) is 15.9. The molecular formula is C21H25N3O4. The van der Waals surface area contributed by atoms with Crippen LogP contribution in [0, 0.1) is 0 Å². The molecule has 2 N–H and O–H groups in total. The van der Waals surface area contributed by atoms with Gasteiger partial charge in [0.15, 0.2) is 0 Å². The number of urea groups is 1. The summed E-state index contributed by atoms with van der Waals surface area (Å²) in [6.45, 7) is 3.54. The largest absolute Gasteiger partial charge is 0.394 e. The molecule has 1 heterocycles. The summed E-state index contributed by atoms with van der Waals surface area (Å²) in [4.78, 5) is 28.6. The number of amides is 3. The Bertz CT molecular complexity index is 795. The lowest BCUT2D eigenvalue weighted by Gasteiger charge is -2.34. The molecular weight excluding hydrogens is 358 g/mol. The molecule has 0 aliphatic carbocycles. The van der Waals surface area contributed by atoms with Crippen molar-refractivity contribution < 1.29 is 19.4 Å². The van der Waals surface area contributed by atoms with Gasteiger partial charge in [0, 0.05) is 30.0 Å². The molecule has 0 saturated carbocycles. The molecule has 1 fully saturated rings. The normalized spacial score (nSPS) is 16.5. The standard InChI is InChI=1S/C21H25N3O4/c1-2-23(18-6-4-3-5-7-18)20(26)16-8-10-17(11-9-16)22-21(27)24-12-13-28-15-19(24)14-25/h3-11,19,25H,2,12-15H2,1H3,(H,22,27)/t19-/m1/s1. The van der Waals surface area contributed by atoms with Gasteiger partial charge in [-0.05, 0) is 43.3 Å². The van der Waals surface area contributed by atoms with Crippen LogP contribution in [0.4, 0.5) is 16.2 Å². The number of morpholine rings is 1. The molecule has 2 aromatic carbocycles. The van der Waals surface area contributed by atoms with Crippen molar-refractivity contribution in [2.75, 3.05) is 43.1 Å². The highest BCUT2D eigenvalue weighted by Gasteiger charge is 2.26. The predicted molar refractivity (Wildman–Crippen MR) is 108 cm³/mol. The molecule has 7 nitrogen and oxygen atoms in total. The third-order valence-electron chi connectivity index (χ3n) is 4.71. The number of aliphatic hydroxyl groups is 1. The quantitative estimate of drug-likeness (QED) is 0.831. The molecule has 1 aliphatic heterocycles. The van der Waals surface area contributed by atoms with Crippen molar-refractivity contribution in [3.05, 3.63) is 60.2 Å². The van der Waals surface area contributed by atoms with Gasteiger partial charge >= 0.3 is 6.03 Å². The Labute approximate surface area is 164 Å². The number of nitrogens with zero attached hydrogens (tertiary/aromatic N) is 2. The van der Waals surface area contributed by atoms with Crippen LogP contribution in [-0.4, -0.2) is 60.9 Å². The molecule has 3 amide bonds. The van der Waals surface area contributed by atoms with E-state index in [1.807, 2.05) is 37.3 Å². The molecule has 1 atom stereocenters. The van der Waals surface area contributed by atoms with Gasteiger partial charge in [-0.1, -0.05) is 18.2 Å². The number of carbonyl (C=O) groups is 2. The van der Waals surface area contributed by atoms with Gasteiger partial charge < -0.3 is 25.0 Å². The zero-order chi connectivity index (χ0) is 19.9. The minimum absolute atomic E-state index is 0.0971. The average Bonchev–Trinajstić information content (AvgIpc) is 2.75. The van der Waals surface area contributed by atoms with Gasteiger partial charge in [-0.25, -0.2) is 4.79 Å². The van der Waals surface area contributed by atoms with Crippen molar-refractivity contribution in [2.24, 2.45) is 0 Å². The van der Waals surface area contributed by atoms with Crippen molar-refractivity contribution in [1.82, 2.24) is 4.90 Å². The summed E-state index contributed by atoms with van der Waals surface area (Å²) in [5.41, 5.74) is 1.98. The highest BCUT2D eigenvalue weighted by Crippen LogP contribution is 2.18. The van der Waals surface area contributed by atoms with E-state index in [-0.39, 0.29) is 24.6 Å². The molecule has 28 heavy (non-hydrogen) atoms. The van der Waals surface area contributed by atoms with E-state index in [1.54, 1.807) is 34.1 Å². The zero-order valence-corrected chi connectivity index (χ0v) is 15.9. The third-order valence-corrected chi connectivity index (χ3v) is 4.71. The molecule has 0 unspecified atom stereocenters. The molecule has 7 heteroatoms. The monoisotopic (exact) mass is 383 g/mol. The maximum Gasteiger partial charge on any atom is 0.322 e. The number of rotatable bonds is 5. The smallest absolute Gasteiger partial charge is 0.322 e. The average molecular weight is 383 g/mol. The van der Waals surface area contributed by atoms with Crippen LogP contribution >= 0.6 is 0 Å². The first-order valence-corrected chi connectivity index (χ1v) is 9.37. The minimum Gasteiger partial charge on any atom is -0.394 e.